The molecule has 4 heteroatoms. The minimum absolute atomic E-state index is 0.511. The largest absolute Gasteiger partial charge is 0.465 e. The zero-order chi connectivity index (χ0) is 14.5. The molecule has 1 aromatic heterocycles. The molecule has 0 bridgehead atoms. The number of benzene rings is 1. The minimum Gasteiger partial charge on any atom is -0.465 e. The molecule has 0 radical (unpaired) electrons. The number of aliphatic hydroxyl groups is 1. The van der Waals surface area contributed by atoms with Gasteiger partial charge in [0.05, 0.1) is 12.6 Å². The Balaban J connectivity index is 1.90. The van der Waals surface area contributed by atoms with Crippen LogP contribution in [0.25, 0.3) is 0 Å². The fourth-order valence-electron chi connectivity index (χ4n) is 2.18. The monoisotopic (exact) mass is 274 g/mol. The highest BCUT2D eigenvalue weighted by molar-refractivity contribution is 5.24. The molecule has 108 valence electrons. The van der Waals surface area contributed by atoms with Crippen LogP contribution >= 0.6 is 0 Å². The van der Waals surface area contributed by atoms with Gasteiger partial charge in [-0.25, -0.2) is 0 Å². The van der Waals surface area contributed by atoms with E-state index in [4.69, 9.17) is 10.2 Å². The van der Waals surface area contributed by atoms with Gasteiger partial charge in [-0.05, 0) is 37.2 Å². The topological polar surface area (TPSA) is 62.6 Å². The molecule has 0 saturated heterocycles. The smallest absolute Gasteiger partial charge is 0.118 e. The summed E-state index contributed by atoms with van der Waals surface area (Å²) in [5, 5.41) is 10.2. The van der Waals surface area contributed by atoms with Gasteiger partial charge in [-0.3, -0.25) is 4.90 Å². The highest BCUT2D eigenvalue weighted by Crippen LogP contribution is 2.16. The minimum atomic E-state index is -0.511. The lowest BCUT2D eigenvalue weighted by atomic mass is 10.1. The van der Waals surface area contributed by atoms with Crippen molar-refractivity contribution in [3.63, 3.8) is 0 Å². The van der Waals surface area contributed by atoms with E-state index < -0.39 is 6.10 Å². The Labute approximate surface area is 119 Å². The molecule has 20 heavy (non-hydrogen) atoms. The third kappa shape index (κ3) is 3.93. The molecule has 1 unspecified atom stereocenters. The van der Waals surface area contributed by atoms with E-state index in [9.17, 15) is 5.11 Å². The van der Waals surface area contributed by atoms with Crippen LogP contribution in [0.5, 0.6) is 0 Å². The number of hydrogen-bond donors (Lipinski definition) is 2. The van der Waals surface area contributed by atoms with Gasteiger partial charge in [0.2, 0.25) is 0 Å². The molecule has 0 aliphatic heterocycles. The number of furan rings is 1. The van der Waals surface area contributed by atoms with Gasteiger partial charge in [-0.1, -0.05) is 24.3 Å². The Morgan fingerprint density at radius 3 is 2.45 bits per heavy atom. The number of likely N-dealkylation sites (N-methyl/N-ethyl adjacent to an activating group) is 1. The first-order valence-electron chi connectivity index (χ1n) is 6.79. The average Bonchev–Trinajstić information content (AvgIpc) is 2.84. The third-order valence-electron chi connectivity index (χ3n) is 3.31. The first-order valence-corrected chi connectivity index (χ1v) is 6.79. The predicted molar refractivity (Wildman–Crippen MR) is 79.1 cm³/mol. The summed E-state index contributed by atoms with van der Waals surface area (Å²) in [6, 6.07) is 11.7. The Morgan fingerprint density at radius 2 is 1.90 bits per heavy atom. The van der Waals surface area contributed by atoms with Gasteiger partial charge in [-0.2, -0.15) is 0 Å². The van der Waals surface area contributed by atoms with Gasteiger partial charge in [-0.15, -0.1) is 0 Å². The lowest BCUT2D eigenvalue weighted by Crippen LogP contribution is -2.24. The van der Waals surface area contributed by atoms with Crippen molar-refractivity contribution in [2.24, 2.45) is 5.73 Å². The highest BCUT2D eigenvalue weighted by atomic mass is 16.3. The Hall–Kier alpha value is -1.62. The van der Waals surface area contributed by atoms with Gasteiger partial charge in [0.1, 0.15) is 11.5 Å². The van der Waals surface area contributed by atoms with Crippen LogP contribution in [0.15, 0.2) is 40.8 Å². The summed E-state index contributed by atoms with van der Waals surface area (Å²) < 4.78 is 5.53. The molecule has 4 nitrogen and oxygen atoms in total. The SMILES string of the molecule is Cc1ccc(CN(C)CC(O)c2ccc(CN)cc2)o1. The maximum atomic E-state index is 10.2. The summed E-state index contributed by atoms with van der Waals surface area (Å²) in [5.74, 6) is 1.82. The summed E-state index contributed by atoms with van der Waals surface area (Å²) in [6.07, 6.45) is -0.511. The fraction of sp³-hybridized carbons (Fsp3) is 0.375. The van der Waals surface area contributed by atoms with E-state index in [0.717, 1.165) is 22.6 Å². The average molecular weight is 274 g/mol. The van der Waals surface area contributed by atoms with E-state index in [1.54, 1.807) is 0 Å². The number of aryl methyl sites for hydroxylation is 1. The van der Waals surface area contributed by atoms with Gasteiger partial charge >= 0.3 is 0 Å². The number of hydrogen-bond acceptors (Lipinski definition) is 4. The molecule has 0 spiro atoms. The molecule has 1 heterocycles. The number of aliphatic hydroxyl groups excluding tert-OH is 1. The normalized spacial score (nSPS) is 12.8. The second-order valence-corrected chi connectivity index (χ2v) is 5.17. The van der Waals surface area contributed by atoms with Crippen LogP contribution in [0.4, 0.5) is 0 Å². The fourth-order valence-corrected chi connectivity index (χ4v) is 2.18. The van der Waals surface area contributed by atoms with Crippen molar-refractivity contribution in [3.05, 3.63) is 59.0 Å². The molecule has 0 aliphatic rings. The molecular weight excluding hydrogens is 252 g/mol. The molecule has 0 aliphatic carbocycles. The van der Waals surface area contributed by atoms with E-state index in [2.05, 4.69) is 0 Å². The van der Waals surface area contributed by atoms with Crippen LogP contribution in [0.2, 0.25) is 0 Å². The lowest BCUT2D eigenvalue weighted by molar-refractivity contribution is 0.120. The van der Waals surface area contributed by atoms with Crippen LogP contribution in [0.1, 0.15) is 28.8 Å². The van der Waals surface area contributed by atoms with Crippen molar-refractivity contribution in [2.45, 2.75) is 26.1 Å². The molecule has 3 N–H and O–H groups in total. The second kappa shape index (κ2) is 6.70. The van der Waals surface area contributed by atoms with E-state index >= 15 is 0 Å². The standard InChI is InChI=1S/C16H22N2O2/c1-12-3-8-15(20-12)10-18(2)11-16(19)14-6-4-13(9-17)5-7-14/h3-8,16,19H,9-11,17H2,1-2H3. The molecule has 2 rings (SSSR count). The van der Waals surface area contributed by atoms with Crippen molar-refractivity contribution in [3.8, 4) is 0 Å². The van der Waals surface area contributed by atoms with E-state index in [1.165, 1.54) is 0 Å². The first-order chi connectivity index (χ1) is 9.58. The number of nitrogens with zero attached hydrogens (tertiary/aromatic N) is 1. The summed E-state index contributed by atoms with van der Waals surface area (Å²) in [4.78, 5) is 2.04. The molecule has 1 aromatic carbocycles. The summed E-state index contributed by atoms with van der Waals surface area (Å²) >= 11 is 0. The van der Waals surface area contributed by atoms with Crippen LogP contribution in [0.3, 0.4) is 0 Å². The highest BCUT2D eigenvalue weighted by Gasteiger charge is 2.12. The Bertz CT molecular complexity index is 534. The van der Waals surface area contributed by atoms with Crippen molar-refractivity contribution in [2.75, 3.05) is 13.6 Å². The molecule has 1 atom stereocenters. The zero-order valence-corrected chi connectivity index (χ0v) is 12.0. The maximum Gasteiger partial charge on any atom is 0.118 e. The summed E-state index contributed by atoms with van der Waals surface area (Å²) in [5.41, 5.74) is 7.54. The van der Waals surface area contributed by atoms with Gasteiger partial charge in [0.25, 0.3) is 0 Å². The summed E-state index contributed by atoms with van der Waals surface area (Å²) in [6.45, 7) is 3.69. The molecule has 0 fully saturated rings. The number of nitrogens with two attached hydrogens (primary N) is 1. The molecular formula is C16H22N2O2. The second-order valence-electron chi connectivity index (χ2n) is 5.17. The van der Waals surface area contributed by atoms with Crippen LogP contribution in [-0.2, 0) is 13.1 Å². The first kappa shape index (κ1) is 14.8. The molecule has 2 aromatic rings. The molecule has 0 amide bonds. The van der Waals surface area contributed by atoms with Crippen LogP contribution in [0, 0.1) is 6.92 Å². The Kier molecular flexibility index (Phi) is 4.95. The predicted octanol–water partition coefficient (Wildman–Crippen LogP) is 2.21. The van der Waals surface area contributed by atoms with Gasteiger partial charge in [0.15, 0.2) is 0 Å². The van der Waals surface area contributed by atoms with Crippen molar-refractivity contribution >= 4 is 0 Å². The number of rotatable bonds is 6. The van der Waals surface area contributed by atoms with E-state index in [0.29, 0.717) is 19.6 Å². The molecule has 0 saturated carbocycles. The van der Waals surface area contributed by atoms with Gasteiger partial charge < -0.3 is 15.3 Å². The van der Waals surface area contributed by atoms with Crippen molar-refractivity contribution < 1.29 is 9.52 Å². The Morgan fingerprint density at radius 1 is 1.20 bits per heavy atom. The van der Waals surface area contributed by atoms with Gasteiger partial charge in [0, 0.05) is 13.1 Å². The van der Waals surface area contributed by atoms with Crippen LogP contribution in [-0.4, -0.2) is 23.6 Å². The van der Waals surface area contributed by atoms with Crippen molar-refractivity contribution in [1.82, 2.24) is 4.90 Å². The quantitative estimate of drug-likeness (QED) is 0.848. The lowest BCUT2D eigenvalue weighted by Gasteiger charge is -2.20. The maximum absolute atomic E-state index is 10.2. The van der Waals surface area contributed by atoms with Crippen molar-refractivity contribution in [1.29, 1.82) is 0 Å². The van der Waals surface area contributed by atoms with E-state index in [-0.39, 0.29) is 0 Å². The van der Waals surface area contributed by atoms with E-state index in [1.807, 2.05) is 55.3 Å². The summed E-state index contributed by atoms with van der Waals surface area (Å²) in [7, 11) is 1.97. The zero-order valence-electron chi connectivity index (χ0n) is 12.0. The van der Waals surface area contributed by atoms with Crippen LogP contribution < -0.4 is 5.73 Å². The third-order valence-corrected chi connectivity index (χ3v) is 3.31.